The van der Waals surface area contributed by atoms with E-state index in [1.165, 1.54) is 11.1 Å². The zero-order valence-electron chi connectivity index (χ0n) is 73.1. The van der Waals surface area contributed by atoms with E-state index in [-0.39, 0.29) is 98.3 Å². The summed E-state index contributed by atoms with van der Waals surface area (Å²) in [7, 11) is 25.2. The Balaban J connectivity index is -0.000000129. The minimum atomic E-state index is -4.50. The number of aliphatic hydroxyl groups is 5. The first-order chi connectivity index (χ1) is 55.2. The van der Waals surface area contributed by atoms with E-state index >= 15 is 0 Å². The Morgan fingerprint density at radius 2 is 0.540 bits per heavy atom. The Bertz CT molecular complexity index is 3560. The zero-order chi connectivity index (χ0) is 95.0. The van der Waals surface area contributed by atoms with Gasteiger partial charge in [-0.15, -0.1) is 0 Å². The molecule has 0 aliphatic heterocycles. The summed E-state index contributed by atoms with van der Waals surface area (Å²) in [5.41, 5.74) is 19.5. The van der Waals surface area contributed by atoms with Gasteiger partial charge in [0.05, 0.1) is 76.6 Å². The molecule has 0 aromatic heterocycles. The average molecular weight is 1910 g/mol. The number of alkyl halides is 6. The number of benzene rings is 7. The molecule has 0 saturated heterocycles. The maximum absolute atomic E-state index is 10.6. The molecule has 0 aliphatic carbocycles. The molecule has 124 heavy (non-hydrogen) atoms. The minimum absolute atomic E-state index is 0. The van der Waals surface area contributed by atoms with Crippen molar-refractivity contribution < 1.29 is 194 Å². The maximum Gasteiger partial charge on any atom is 1.00 e. The van der Waals surface area contributed by atoms with Gasteiger partial charge in [0, 0.05) is 17.2 Å². The van der Waals surface area contributed by atoms with Gasteiger partial charge in [0.15, 0.2) is 13.4 Å². The van der Waals surface area contributed by atoms with Crippen LogP contribution in [0.2, 0.25) is 0 Å². The van der Waals surface area contributed by atoms with Crippen molar-refractivity contribution in [1.82, 2.24) is 4.90 Å². The van der Waals surface area contributed by atoms with Crippen LogP contribution in [0.25, 0.3) is 0 Å². The summed E-state index contributed by atoms with van der Waals surface area (Å²) < 4.78 is 188. The van der Waals surface area contributed by atoms with Gasteiger partial charge in [-0.3, -0.25) is 4.79 Å². The summed E-state index contributed by atoms with van der Waals surface area (Å²) in [6.45, 7) is 9.78. The van der Waals surface area contributed by atoms with E-state index in [1.807, 2.05) is 204 Å². The molecule has 42 heteroatoms. The molecule has 12 atom stereocenters. The first-order valence-electron chi connectivity index (χ1n) is 35.9. The van der Waals surface area contributed by atoms with Crippen LogP contribution < -0.4 is 71.9 Å². The van der Waals surface area contributed by atoms with Crippen molar-refractivity contribution in [3.8, 4) is 0 Å². The molecule has 0 spiro atoms. The fraction of sp³-hybridized carbons (Fsp3) is 0.451. The molecule has 0 amide bonds. The summed E-state index contributed by atoms with van der Waals surface area (Å²) in [6, 6.07) is 70.2. The van der Waals surface area contributed by atoms with Crippen LogP contribution in [0.4, 0.5) is 52.7 Å². The number of hydrogen-bond acceptors (Lipinski definition) is 18. The zero-order valence-corrected chi connectivity index (χ0v) is 78.0. The number of carbonyl (C=O) groups is 1. The van der Waals surface area contributed by atoms with Crippen LogP contribution >= 0.6 is 0 Å². The molecule has 23 nitrogen and oxygen atoms in total. The number of nitrogens with zero attached hydrogens (tertiary/aromatic N) is 5. The predicted molar refractivity (Wildman–Crippen MR) is 450 cm³/mol. The number of hydrogen-bond donors (Lipinski definition) is 9. The van der Waals surface area contributed by atoms with Gasteiger partial charge in [0.1, 0.15) is 67.7 Å². The number of rotatable bonds is 22. The van der Waals surface area contributed by atoms with Crippen LogP contribution in [0.3, 0.4) is 0 Å². The number of nitrogens with two attached hydrogens (primary N) is 3. The number of likely N-dealkylation sites (N-methyl/N-ethyl adjacent to an activating group) is 5. The number of aliphatic carboxylic acids is 1. The fourth-order valence-corrected chi connectivity index (χ4v) is 9.43. The van der Waals surface area contributed by atoms with Gasteiger partial charge in [0.2, 0.25) is 0 Å². The molecule has 698 valence electrons. The molecule has 0 radical (unpaired) electrons. The molecule has 7 aromatic carbocycles. The van der Waals surface area contributed by atoms with Gasteiger partial charge in [-0.1, -0.05) is 240 Å². The van der Waals surface area contributed by atoms with Crippen LogP contribution in [-0.2, 0) is 64.2 Å². The third-order valence-corrected chi connectivity index (χ3v) is 17.9. The van der Waals surface area contributed by atoms with Crippen molar-refractivity contribution in [2.45, 2.75) is 155 Å². The predicted octanol–water partition coefficient (Wildman–Crippen LogP) is 5.09. The number of aliphatic hydroxyl groups excluding tert-OH is 5. The summed E-state index contributed by atoms with van der Waals surface area (Å²) >= 11 is -3.00. The monoisotopic (exact) mass is 1910 g/mol. The Hall–Kier alpha value is -6.40. The van der Waals surface area contributed by atoms with Crippen LogP contribution in [0.15, 0.2) is 212 Å². The molecule has 2 unspecified atom stereocenters. The molecule has 12 N–H and O–H groups in total. The van der Waals surface area contributed by atoms with Gasteiger partial charge in [-0.25, -0.2) is 11.5 Å². The summed E-state index contributed by atoms with van der Waals surface area (Å²) in [5.74, 6) is -0.841. The van der Waals surface area contributed by atoms with E-state index in [4.69, 9.17) is 44.5 Å². The number of carboxylic acid groups (broad SMARTS) is 1. The largest absolute Gasteiger partial charge is 1.00 e. The minimum Gasteiger partial charge on any atom is -1.00 e. The van der Waals surface area contributed by atoms with E-state index in [1.54, 1.807) is 0 Å². The third kappa shape index (κ3) is 80.2. The molecule has 7 rings (SSSR count). The van der Waals surface area contributed by atoms with E-state index in [2.05, 4.69) is 158 Å². The smallest absolute Gasteiger partial charge is 1.00 e. The molecule has 0 bridgehead atoms. The standard InChI is InChI=1S/2C18H24NO.2C12H20NO.C11H17NO.C6H13NO2.2CH2F3N.2CF3.CH4.BrH.2Li.4O2S/c2*1-15(18(20)17-12-8-5-9-13-17)19(2,3)14-16-10-6-4-7-11-16;2*1-10(13(2,3)4)12(14)11-8-6-5-7-9-11;1-9(12(2)3)11(13)10-7-5-4-6-8-10;1-3-4(2)5(7)6(8)9;2*2-1(3,4)5;2*2-1(3)4;;;;;4*1-3-2/h2*4-13,15,18,20H,14H2,1-3H3;2*5-10,12,14H,1-4H3;4-9,11,13H,1-3H3;4-5H,3,7H2,1-2H3,(H,8,9);2*5H2;;;1H4;1H;;;;;;/q4*+1;;;;;2*-1;;;2*+1;;;;/p-1/t2*15-,18-;2*10-,12-;9-,11-;;;;;;;;;;;;;/m00000............./s1. The van der Waals surface area contributed by atoms with Crippen molar-refractivity contribution in [2.75, 3.05) is 84.6 Å². The number of halogens is 13. The second-order valence-corrected chi connectivity index (χ2v) is 29.6. The summed E-state index contributed by atoms with van der Waals surface area (Å²) in [6.07, 6.45) is -10.3. The van der Waals surface area contributed by atoms with E-state index < -0.39 is 115 Å². The van der Waals surface area contributed by atoms with Crippen LogP contribution in [0.1, 0.15) is 132 Å². The van der Waals surface area contributed by atoms with Crippen LogP contribution in [-0.4, -0.2) is 227 Å². The van der Waals surface area contributed by atoms with Gasteiger partial charge in [0.25, 0.3) is 0 Å². The van der Waals surface area contributed by atoms with Gasteiger partial charge in [-0.2, -0.15) is 60.0 Å². The molecule has 0 fully saturated rings. The first kappa shape index (κ1) is 141. The van der Waals surface area contributed by atoms with Crippen LogP contribution in [0.5, 0.6) is 0 Å². The van der Waals surface area contributed by atoms with Crippen molar-refractivity contribution in [2.24, 2.45) is 23.1 Å². The van der Waals surface area contributed by atoms with Crippen molar-refractivity contribution >= 4 is 52.3 Å². The molecule has 0 aliphatic rings. The Morgan fingerprint density at radius 1 is 0.387 bits per heavy atom. The summed E-state index contributed by atoms with van der Waals surface area (Å²) in [4.78, 5) is 12.2. The van der Waals surface area contributed by atoms with E-state index in [0.29, 0.717) is 0 Å². The Labute approximate surface area is 773 Å². The SMILES string of the molecule is C.CCC(C)C(N)C(=O)O.C[C@@H]([C@H](O)c1ccccc1)N(C)C.C[C@@H]([C@H](O)c1ccccc1)[N+](C)(C)C.C[C@@H]([C@H](O)c1ccccc1)[N+](C)(C)C.C[C@@H]([C@H](O)c1ccccc1)[N+](C)(C)Cc1ccccc1.C[C@@H]([C@H](O)c1ccccc1)[N+](C)(C)Cc1ccccc1.F[C-](F)F.F[C-](F)F.NC(F)(F)F.NC(F)(F)F.O=S=O.O=S=O.O=S=O.O=S=O.[Br-].[Li+].[Li+]. The molecule has 0 heterocycles. The Morgan fingerprint density at radius 3 is 0.677 bits per heavy atom. The fourth-order valence-electron chi connectivity index (χ4n) is 9.43. The molecular formula is C82H126BrF12Li2N8O15S4+3. The van der Waals surface area contributed by atoms with Crippen molar-refractivity contribution in [3.63, 3.8) is 0 Å². The Kier molecular flexibility index (Phi) is 89.4. The van der Waals surface area contributed by atoms with Gasteiger partial charge in [-0.05, 0) is 82.4 Å². The van der Waals surface area contributed by atoms with Gasteiger partial charge < -0.3 is 103 Å². The normalized spacial score (nSPS) is 13.3. The quantitative estimate of drug-likeness (QED) is 0.0140. The molecule has 7 aromatic rings. The first-order valence-corrected chi connectivity index (χ1v) is 38.6. The topological polar surface area (TPSA) is 356 Å². The molecular weight excluding hydrogens is 1790 g/mol. The van der Waals surface area contributed by atoms with Crippen LogP contribution in [0, 0.1) is 19.3 Å². The van der Waals surface area contributed by atoms with E-state index in [9.17, 15) is 83.0 Å². The third-order valence-electron chi connectivity index (χ3n) is 17.9. The second kappa shape index (κ2) is 78.8. The number of quaternary nitrogens is 4. The number of carboxylic acids is 1. The van der Waals surface area contributed by atoms with Crippen molar-refractivity contribution in [3.05, 3.63) is 265 Å². The average Bonchev–Trinajstić information content (AvgIpc) is 0.829. The summed E-state index contributed by atoms with van der Waals surface area (Å²) in [5, 5.41) is 59.7. The van der Waals surface area contributed by atoms with E-state index in [0.717, 1.165) is 65.3 Å². The van der Waals surface area contributed by atoms with Gasteiger partial charge >= 0.3 is 103 Å². The molecule has 0 saturated carbocycles. The van der Waals surface area contributed by atoms with Crippen molar-refractivity contribution in [1.29, 1.82) is 0 Å². The second-order valence-electron chi connectivity index (χ2n) is 29.1. The maximum atomic E-state index is 10.6.